The van der Waals surface area contributed by atoms with Crippen molar-refractivity contribution in [2.45, 2.75) is 6.92 Å². The van der Waals surface area contributed by atoms with E-state index in [9.17, 15) is 0 Å². The van der Waals surface area contributed by atoms with Gasteiger partial charge in [-0.05, 0) is 19.1 Å². The summed E-state index contributed by atoms with van der Waals surface area (Å²) in [5.41, 5.74) is 1.83. The van der Waals surface area contributed by atoms with Crippen molar-refractivity contribution < 1.29 is 9.47 Å². The zero-order valence-electron chi connectivity index (χ0n) is 11.4. The van der Waals surface area contributed by atoms with Crippen LogP contribution in [0.15, 0.2) is 18.3 Å². The molecule has 0 fully saturated rings. The fourth-order valence-electron chi connectivity index (χ4n) is 2.46. The van der Waals surface area contributed by atoms with Gasteiger partial charge in [0.25, 0.3) is 0 Å². The number of benzene rings is 1. The summed E-state index contributed by atoms with van der Waals surface area (Å²) in [6.45, 7) is 1.99. The molecule has 19 heavy (non-hydrogen) atoms. The number of aromatic nitrogens is 3. The molecule has 0 atom stereocenters. The number of rotatable bonds is 2. The lowest BCUT2D eigenvalue weighted by Crippen LogP contribution is -1.93. The second kappa shape index (κ2) is 4.12. The van der Waals surface area contributed by atoms with E-state index in [0.29, 0.717) is 11.5 Å². The lowest BCUT2D eigenvalue weighted by atomic mass is 10.1. The van der Waals surface area contributed by atoms with Crippen LogP contribution in [0.4, 0.5) is 0 Å². The van der Waals surface area contributed by atoms with E-state index >= 15 is 0 Å². The Bertz CT molecular complexity index is 777. The van der Waals surface area contributed by atoms with Crippen LogP contribution in [0, 0.1) is 6.92 Å². The highest BCUT2D eigenvalue weighted by Gasteiger charge is 2.13. The Kier molecular flexibility index (Phi) is 2.55. The molecule has 3 aromatic rings. The van der Waals surface area contributed by atoms with Crippen molar-refractivity contribution >= 4 is 21.8 Å². The predicted octanol–water partition coefficient (Wildman–Crippen LogP) is 2.45. The number of fused-ring (bicyclic) bond motifs is 3. The van der Waals surface area contributed by atoms with E-state index in [1.54, 1.807) is 18.9 Å². The molecule has 0 saturated heterocycles. The second-order valence-corrected chi connectivity index (χ2v) is 4.46. The molecule has 0 bridgehead atoms. The minimum Gasteiger partial charge on any atom is -0.493 e. The number of pyridine rings is 1. The fraction of sp³-hybridized carbons (Fsp3) is 0.286. The minimum atomic E-state index is 0.706. The molecule has 0 aliphatic heterocycles. The number of aryl methyl sites for hydroxylation is 2. The van der Waals surface area contributed by atoms with Crippen molar-refractivity contribution in [3.05, 3.63) is 24.0 Å². The molecule has 2 aromatic heterocycles. The molecule has 0 amide bonds. The van der Waals surface area contributed by atoms with Crippen LogP contribution in [0.5, 0.6) is 11.5 Å². The van der Waals surface area contributed by atoms with Crippen LogP contribution >= 0.6 is 0 Å². The zero-order valence-corrected chi connectivity index (χ0v) is 11.4. The molecular weight excluding hydrogens is 242 g/mol. The van der Waals surface area contributed by atoms with Crippen molar-refractivity contribution in [2.24, 2.45) is 7.05 Å². The van der Waals surface area contributed by atoms with Gasteiger partial charge in [-0.1, -0.05) is 0 Å². The predicted molar refractivity (Wildman–Crippen MR) is 73.9 cm³/mol. The molecule has 5 nitrogen and oxygen atoms in total. The van der Waals surface area contributed by atoms with Crippen LogP contribution in [0.1, 0.15) is 5.69 Å². The quantitative estimate of drug-likeness (QED) is 0.707. The number of hydrogen-bond acceptors (Lipinski definition) is 4. The van der Waals surface area contributed by atoms with E-state index in [4.69, 9.17) is 9.47 Å². The van der Waals surface area contributed by atoms with Gasteiger partial charge in [0.2, 0.25) is 0 Å². The Labute approximate surface area is 110 Å². The van der Waals surface area contributed by atoms with Gasteiger partial charge in [-0.15, -0.1) is 0 Å². The van der Waals surface area contributed by atoms with Crippen molar-refractivity contribution in [1.82, 2.24) is 14.8 Å². The normalized spacial score (nSPS) is 11.2. The maximum absolute atomic E-state index is 5.37. The van der Waals surface area contributed by atoms with Gasteiger partial charge < -0.3 is 9.47 Å². The van der Waals surface area contributed by atoms with Crippen molar-refractivity contribution in [2.75, 3.05) is 14.2 Å². The highest BCUT2D eigenvalue weighted by Crippen LogP contribution is 2.35. The van der Waals surface area contributed by atoms with E-state index < -0.39 is 0 Å². The first-order chi connectivity index (χ1) is 9.15. The third-order valence-corrected chi connectivity index (χ3v) is 3.34. The average molecular weight is 257 g/mol. The maximum Gasteiger partial charge on any atom is 0.161 e. The van der Waals surface area contributed by atoms with Gasteiger partial charge in [0.1, 0.15) is 0 Å². The van der Waals surface area contributed by atoms with Crippen LogP contribution in [0.3, 0.4) is 0 Å². The van der Waals surface area contributed by atoms with Crippen molar-refractivity contribution in [3.8, 4) is 11.5 Å². The Morgan fingerprint density at radius 1 is 1.11 bits per heavy atom. The van der Waals surface area contributed by atoms with Crippen molar-refractivity contribution in [1.29, 1.82) is 0 Å². The number of ether oxygens (including phenoxy) is 2. The van der Waals surface area contributed by atoms with E-state index in [1.165, 1.54) is 0 Å². The number of methoxy groups -OCH3 is 2. The standard InChI is InChI=1S/C14H15N3O2/c1-8-13-10-6-12(19-4)11(18-3)5-9(10)7-15-14(13)17(2)16-8/h5-7H,1-4H3. The molecule has 98 valence electrons. The van der Waals surface area contributed by atoms with Gasteiger partial charge in [-0.25, -0.2) is 4.98 Å². The zero-order chi connectivity index (χ0) is 13.6. The molecular formula is C14H15N3O2. The largest absolute Gasteiger partial charge is 0.493 e. The molecule has 1 aromatic carbocycles. The molecule has 5 heteroatoms. The summed E-state index contributed by atoms with van der Waals surface area (Å²) in [5, 5.41) is 7.57. The summed E-state index contributed by atoms with van der Waals surface area (Å²) in [6, 6.07) is 3.92. The van der Waals surface area contributed by atoms with Gasteiger partial charge in [0.15, 0.2) is 17.1 Å². The van der Waals surface area contributed by atoms with Gasteiger partial charge in [0, 0.05) is 29.4 Å². The fourth-order valence-corrected chi connectivity index (χ4v) is 2.46. The summed E-state index contributed by atoms with van der Waals surface area (Å²) < 4.78 is 12.5. The average Bonchev–Trinajstić information content (AvgIpc) is 2.72. The SMILES string of the molecule is COc1cc2cnc3c(c(C)nn3C)c2cc1OC. The van der Waals surface area contributed by atoms with Crippen LogP contribution in [-0.2, 0) is 7.05 Å². The van der Waals surface area contributed by atoms with E-state index in [1.807, 2.05) is 32.3 Å². The topological polar surface area (TPSA) is 49.2 Å². The summed E-state index contributed by atoms with van der Waals surface area (Å²) in [7, 11) is 5.16. The summed E-state index contributed by atoms with van der Waals surface area (Å²) in [5.74, 6) is 1.42. The number of nitrogens with zero attached hydrogens (tertiary/aromatic N) is 3. The lowest BCUT2D eigenvalue weighted by Gasteiger charge is -2.09. The van der Waals surface area contributed by atoms with Crippen LogP contribution in [0.2, 0.25) is 0 Å². The summed E-state index contributed by atoms with van der Waals surface area (Å²) in [4.78, 5) is 4.46. The first kappa shape index (κ1) is 11.8. The monoisotopic (exact) mass is 257 g/mol. The molecule has 3 rings (SSSR count). The molecule has 0 saturated carbocycles. The van der Waals surface area contributed by atoms with Crippen LogP contribution < -0.4 is 9.47 Å². The summed E-state index contributed by atoms with van der Waals surface area (Å²) in [6.07, 6.45) is 1.83. The first-order valence-corrected chi connectivity index (χ1v) is 5.99. The smallest absolute Gasteiger partial charge is 0.161 e. The molecule has 0 aliphatic carbocycles. The highest BCUT2D eigenvalue weighted by molar-refractivity contribution is 6.06. The van der Waals surface area contributed by atoms with Crippen LogP contribution in [-0.4, -0.2) is 29.0 Å². The maximum atomic E-state index is 5.37. The number of hydrogen-bond donors (Lipinski definition) is 0. The Morgan fingerprint density at radius 2 is 1.79 bits per heavy atom. The third-order valence-electron chi connectivity index (χ3n) is 3.34. The molecule has 0 aliphatic rings. The van der Waals surface area contributed by atoms with Gasteiger partial charge in [-0.3, -0.25) is 4.68 Å². The highest BCUT2D eigenvalue weighted by atomic mass is 16.5. The molecule has 0 N–H and O–H groups in total. The Hall–Kier alpha value is -2.30. The Morgan fingerprint density at radius 3 is 2.47 bits per heavy atom. The summed E-state index contributed by atoms with van der Waals surface area (Å²) >= 11 is 0. The minimum absolute atomic E-state index is 0.706. The van der Waals surface area contributed by atoms with Crippen molar-refractivity contribution in [3.63, 3.8) is 0 Å². The lowest BCUT2D eigenvalue weighted by molar-refractivity contribution is 0.356. The van der Waals surface area contributed by atoms with Gasteiger partial charge >= 0.3 is 0 Å². The van der Waals surface area contributed by atoms with E-state index in [2.05, 4.69) is 10.1 Å². The molecule has 0 radical (unpaired) electrons. The van der Waals surface area contributed by atoms with Crippen LogP contribution in [0.25, 0.3) is 21.8 Å². The van der Waals surface area contributed by atoms with E-state index in [-0.39, 0.29) is 0 Å². The Balaban J connectivity index is 2.47. The molecule has 0 unspecified atom stereocenters. The molecule has 2 heterocycles. The van der Waals surface area contributed by atoms with Gasteiger partial charge in [0.05, 0.1) is 19.9 Å². The van der Waals surface area contributed by atoms with E-state index in [0.717, 1.165) is 27.5 Å². The third kappa shape index (κ3) is 1.62. The first-order valence-electron chi connectivity index (χ1n) is 5.99. The van der Waals surface area contributed by atoms with Gasteiger partial charge in [-0.2, -0.15) is 5.10 Å². The second-order valence-electron chi connectivity index (χ2n) is 4.46. The molecule has 0 spiro atoms.